The lowest BCUT2D eigenvalue weighted by Crippen LogP contribution is -2.44. The first kappa shape index (κ1) is 24.1. The molecule has 0 unspecified atom stereocenters. The lowest BCUT2D eigenvalue weighted by atomic mass is 9.81. The average Bonchev–Trinajstić information content (AvgIpc) is 3.26. The maximum atomic E-state index is 15.4. The first-order valence-electron chi connectivity index (χ1n) is 11.9. The van der Waals surface area contributed by atoms with Crippen molar-refractivity contribution in [3.05, 3.63) is 54.2 Å². The second-order valence-electron chi connectivity index (χ2n) is 9.22. The van der Waals surface area contributed by atoms with Gasteiger partial charge in [-0.2, -0.15) is 0 Å². The molecule has 1 N–H and O–H groups in total. The van der Waals surface area contributed by atoms with Gasteiger partial charge >= 0.3 is 5.97 Å². The van der Waals surface area contributed by atoms with Crippen LogP contribution in [0.5, 0.6) is 5.75 Å². The number of alkyl halides is 1. The number of carbonyl (C=O) groups is 1. The third-order valence-corrected chi connectivity index (χ3v) is 7.09. The van der Waals surface area contributed by atoms with E-state index in [1.807, 2.05) is 36.0 Å². The molecule has 0 spiro atoms. The topological polar surface area (TPSA) is 80.5 Å². The molecular formula is C26H33FN4O3. The molecule has 2 aromatic heterocycles. The minimum absolute atomic E-state index is 0.0216. The normalized spacial score (nSPS) is 19.9. The number of halogens is 1. The minimum atomic E-state index is -1.18. The molecule has 1 aliphatic rings. The van der Waals surface area contributed by atoms with Crippen molar-refractivity contribution in [1.82, 2.24) is 19.4 Å². The van der Waals surface area contributed by atoms with Gasteiger partial charge in [0.2, 0.25) is 0 Å². The van der Waals surface area contributed by atoms with Crippen molar-refractivity contribution in [1.29, 1.82) is 0 Å². The first-order chi connectivity index (χ1) is 16.5. The third kappa shape index (κ3) is 5.55. The van der Waals surface area contributed by atoms with E-state index >= 15 is 4.39 Å². The average molecular weight is 469 g/mol. The van der Waals surface area contributed by atoms with E-state index in [-0.39, 0.29) is 5.92 Å². The van der Waals surface area contributed by atoms with Crippen LogP contribution in [-0.2, 0) is 18.3 Å². The molecule has 1 aromatic carbocycles. The summed E-state index contributed by atoms with van der Waals surface area (Å²) in [5, 5.41) is 10.6. The molecule has 0 radical (unpaired) electrons. The van der Waals surface area contributed by atoms with Gasteiger partial charge in [0.25, 0.3) is 0 Å². The molecule has 0 aliphatic carbocycles. The molecule has 1 saturated heterocycles. The van der Waals surface area contributed by atoms with Gasteiger partial charge in [0, 0.05) is 37.1 Å². The van der Waals surface area contributed by atoms with Crippen molar-refractivity contribution in [2.75, 3.05) is 26.7 Å². The number of methoxy groups -OCH3 is 1. The number of carboxylic acid groups (broad SMARTS) is 1. The Morgan fingerprint density at radius 2 is 2.21 bits per heavy atom. The maximum Gasteiger partial charge on any atom is 0.308 e. The number of imidazole rings is 1. The zero-order chi connectivity index (χ0) is 24.1. The standard InChI is InChI=1S/C26H33FN4O3/c1-30-17-28-15-19(30)4-3-12-31-13-10-18(23(16-31)26(32)33)5-7-24(27)21-9-11-29-25-8-6-20(34-2)14-22(21)25/h6,8-9,11,14-15,17-18,23-24H,3-5,7,10,12-13,16H2,1-2H3,(H,32,33)/t18-,23+,24+/m1/s1. The summed E-state index contributed by atoms with van der Waals surface area (Å²) in [4.78, 5) is 22.7. The summed E-state index contributed by atoms with van der Waals surface area (Å²) in [6, 6.07) is 7.17. The van der Waals surface area contributed by atoms with Crippen LogP contribution in [0.2, 0.25) is 0 Å². The van der Waals surface area contributed by atoms with Crippen molar-refractivity contribution in [2.45, 2.75) is 38.3 Å². The molecule has 4 rings (SSSR count). The van der Waals surface area contributed by atoms with Crippen LogP contribution < -0.4 is 4.74 Å². The number of carboxylic acids is 1. The van der Waals surface area contributed by atoms with Crippen LogP contribution in [0, 0.1) is 11.8 Å². The predicted molar refractivity (Wildman–Crippen MR) is 129 cm³/mol. The fourth-order valence-electron chi connectivity index (χ4n) is 5.07. The Bertz CT molecular complexity index is 1120. The summed E-state index contributed by atoms with van der Waals surface area (Å²) in [5.74, 6) is -0.606. The van der Waals surface area contributed by atoms with E-state index in [1.165, 1.54) is 5.69 Å². The number of aryl methyl sites for hydroxylation is 2. The van der Waals surface area contributed by atoms with Gasteiger partial charge in [-0.15, -0.1) is 0 Å². The van der Waals surface area contributed by atoms with Crippen LogP contribution in [0.15, 0.2) is 43.0 Å². The Hall–Kier alpha value is -3.00. The van der Waals surface area contributed by atoms with Crippen LogP contribution >= 0.6 is 0 Å². The highest BCUT2D eigenvalue weighted by Crippen LogP contribution is 2.35. The van der Waals surface area contributed by atoms with Gasteiger partial charge < -0.3 is 19.3 Å². The molecule has 7 nitrogen and oxygen atoms in total. The van der Waals surface area contributed by atoms with Crippen LogP contribution in [0.3, 0.4) is 0 Å². The number of fused-ring (bicyclic) bond motifs is 1. The van der Waals surface area contributed by atoms with E-state index in [0.29, 0.717) is 30.7 Å². The van der Waals surface area contributed by atoms with Crippen molar-refractivity contribution >= 4 is 16.9 Å². The number of benzene rings is 1. The number of pyridine rings is 1. The van der Waals surface area contributed by atoms with Crippen molar-refractivity contribution in [2.24, 2.45) is 18.9 Å². The molecule has 3 heterocycles. The molecule has 1 fully saturated rings. The Morgan fingerprint density at radius 1 is 1.35 bits per heavy atom. The fraction of sp³-hybridized carbons (Fsp3) is 0.500. The van der Waals surface area contributed by atoms with Crippen molar-refractivity contribution in [3.8, 4) is 5.75 Å². The predicted octanol–water partition coefficient (Wildman–Crippen LogP) is 4.42. The number of likely N-dealkylation sites (tertiary alicyclic amines) is 1. The van der Waals surface area contributed by atoms with Gasteiger partial charge in [0.05, 0.1) is 24.9 Å². The number of nitrogens with zero attached hydrogens (tertiary/aromatic N) is 4. The van der Waals surface area contributed by atoms with Gasteiger partial charge in [0.15, 0.2) is 0 Å². The monoisotopic (exact) mass is 468 g/mol. The Kier molecular flexibility index (Phi) is 7.77. The SMILES string of the molecule is COc1ccc2nccc([C@@H](F)CC[C@@H]3CCN(CCCc4cncn4C)C[C@@H]3C(=O)O)c2c1. The lowest BCUT2D eigenvalue weighted by molar-refractivity contribution is -0.146. The van der Waals surface area contributed by atoms with E-state index in [0.717, 1.165) is 43.3 Å². The van der Waals surface area contributed by atoms with Crippen LogP contribution in [0.4, 0.5) is 4.39 Å². The first-order valence-corrected chi connectivity index (χ1v) is 11.9. The smallest absolute Gasteiger partial charge is 0.308 e. The highest BCUT2D eigenvalue weighted by Gasteiger charge is 2.34. The Labute approximate surface area is 199 Å². The molecule has 0 amide bonds. The zero-order valence-corrected chi connectivity index (χ0v) is 19.9. The van der Waals surface area contributed by atoms with E-state index in [9.17, 15) is 9.90 Å². The number of rotatable bonds is 10. The number of hydrogen-bond acceptors (Lipinski definition) is 5. The number of aromatic nitrogens is 3. The summed E-state index contributed by atoms with van der Waals surface area (Å²) < 4.78 is 22.7. The van der Waals surface area contributed by atoms with Gasteiger partial charge in [-0.25, -0.2) is 9.37 Å². The summed E-state index contributed by atoms with van der Waals surface area (Å²) >= 11 is 0. The lowest BCUT2D eigenvalue weighted by Gasteiger charge is -2.37. The Balaban J connectivity index is 1.34. The molecule has 0 bridgehead atoms. The summed E-state index contributed by atoms with van der Waals surface area (Å²) in [7, 11) is 3.57. The third-order valence-electron chi connectivity index (χ3n) is 7.09. The fourth-order valence-corrected chi connectivity index (χ4v) is 5.07. The van der Waals surface area contributed by atoms with Crippen molar-refractivity contribution < 1.29 is 19.0 Å². The molecule has 3 atom stereocenters. The summed E-state index contributed by atoms with van der Waals surface area (Å²) in [6.45, 7) is 2.24. The van der Waals surface area contributed by atoms with Crippen LogP contribution in [0.1, 0.15) is 43.1 Å². The van der Waals surface area contributed by atoms with E-state index in [4.69, 9.17) is 4.74 Å². The second kappa shape index (κ2) is 11.0. The summed E-state index contributed by atoms with van der Waals surface area (Å²) in [5.41, 5.74) is 2.49. The van der Waals surface area contributed by atoms with E-state index < -0.39 is 18.1 Å². The zero-order valence-electron chi connectivity index (χ0n) is 19.9. The van der Waals surface area contributed by atoms with Crippen molar-refractivity contribution in [3.63, 3.8) is 0 Å². The Morgan fingerprint density at radius 3 is 2.94 bits per heavy atom. The molecule has 1 aliphatic heterocycles. The van der Waals surface area contributed by atoms with Gasteiger partial charge in [-0.1, -0.05) is 0 Å². The van der Waals surface area contributed by atoms with Gasteiger partial charge in [0.1, 0.15) is 11.9 Å². The summed E-state index contributed by atoms with van der Waals surface area (Å²) in [6.07, 6.45) is 7.63. The number of aliphatic carboxylic acids is 1. The molecular weight excluding hydrogens is 435 g/mol. The highest BCUT2D eigenvalue weighted by atomic mass is 19.1. The minimum Gasteiger partial charge on any atom is -0.497 e. The highest BCUT2D eigenvalue weighted by molar-refractivity contribution is 5.83. The molecule has 34 heavy (non-hydrogen) atoms. The van der Waals surface area contributed by atoms with Crippen LogP contribution in [-0.4, -0.2) is 57.3 Å². The molecule has 8 heteroatoms. The largest absolute Gasteiger partial charge is 0.497 e. The number of ether oxygens (including phenoxy) is 1. The number of piperidine rings is 1. The maximum absolute atomic E-state index is 15.4. The molecule has 182 valence electrons. The second-order valence-corrected chi connectivity index (χ2v) is 9.22. The van der Waals surface area contributed by atoms with Gasteiger partial charge in [-0.3, -0.25) is 9.78 Å². The van der Waals surface area contributed by atoms with Gasteiger partial charge in [-0.05, 0) is 80.9 Å². The van der Waals surface area contributed by atoms with E-state index in [2.05, 4.69) is 14.9 Å². The quantitative estimate of drug-likeness (QED) is 0.474. The molecule has 0 saturated carbocycles. The number of hydrogen-bond donors (Lipinski definition) is 1. The van der Waals surface area contributed by atoms with E-state index in [1.54, 1.807) is 25.7 Å². The molecule has 3 aromatic rings. The van der Waals surface area contributed by atoms with Crippen LogP contribution in [0.25, 0.3) is 10.9 Å².